The lowest BCUT2D eigenvalue weighted by molar-refractivity contribution is 0.418. The molecule has 0 aromatic rings. The fourth-order valence-corrected chi connectivity index (χ4v) is 2.79. The van der Waals surface area contributed by atoms with Crippen LogP contribution in [0.3, 0.4) is 0 Å². The van der Waals surface area contributed by atoms with Crippen molar-refractivity contribution >= 4 is 10.0 Å². The highest BCUT2D eigenvalue weighted by atomic mass is 32.2. The van der Waals surface area contributed by atoms with Gasteiger partial charge in [-0.05, 0) is 25.8 Å². The first kappa shape index (κ1) is 11.9. The normalized spacial score (nSPS) is 26.0. The van der Waals surface area contributed by atoms with Crippen molar-refractivity contribution in [3.8, 4) is 0 Å². The summed E-state index contributed by atoms with van der Waals surface area (Å²) in [5.41, 5.74) is 0. The second-order valence-electron chi connectivity index (χ2n) is 3.85. The Morgan fingerprint density at radius 3 is 2.64 bits per heavy atom. The number of nitrogens with zero attached hydrogens (tertiary/aromatic N) is 1. The lowest BCUT2D eigenvalue weighted by Crippen LogP contribution is -2.33. The van der Waals surface area contributed by atoms with Crippen LogP contribution in [-0.4, -0.2) is 44.7 Å². The summed E-state index contributed by atoms with van der Waals surface area (Å²) < 4.78 is 24.2. The van der Waals surface area contributed by atoms with Crippen molar-refractivity contribution in [1.29, 1.82) is 0 Å². The van der Waals surface area contributed by atoms with Crippen LogP contribution in [0, 0.1) is 0 Å². The summed E-state index contributed by atoms with van der Waals surface area (Å²) in [7, 11) is -2.98. The number of rotatable bonds is 3. The SMILES string of the molecule is CCNC1CCCN(S(C)(=O)=O)CC1. The van der Waals surface area contributed by atoms with Crippen molar-refractivity contribution < 1.29 is 8.42 Å². The average molecular weight is 220 g/mol. The maximum Gasteiger partial charge on any atom is 0.211 e. The molecule has 0 bridgehead atoms. The van der Waals surface area contributed by atoms with Crippen molar-refractivity contribution in [2.75, 3.05) is 25.9 Å². The van der Waals surface area contributed by atoms with Crippen LogP contribution in [0.4, 0.5) is 0 Å². The maximum absolute atomic E-state index is 11.3. The summed E-state index contributed by atoms with van der Waals surface area (Å²) in [6.07, 6.45) is 4.27. The highest BCUT2D eigenvalue weighted by molar-refractivity contribution is 7.88. The standard InChI is InChI=1S/C9H20N2O2S/c1-3-10-9-5-4-7-11(8-6-9)14(2,12)13/h9-10H,3-8H2,1-2H3. The van der Waals surface area contributed by atoms with Crippen molar-refractivity contribution in [3.05, 3.63) is 0 Å². The third-order valence-electron chi connectivity index (χ3n) is 2.65. The molecule has 0 aliphatic carbocycles. The molecule has 1 aliphatic heterocycles. The first-order valence-electron chi connectivity index (χ1n) is 5.22. The maximum atomic E-state index is 11.3. The Balaban J connectivity index is 2.49. The predicted octanol–water partition coefficient (Wildman–Crippen LogP) is 0.410. The Morgan fingerprint density at radius 1 is 1.36 bits per heavy atom. The first-order valence-corrected chi connectivity index (χ1v) is 7.07. The van der Waals surface area contributed by atoms with Gasteiger partial charge < -0.3 is 5.32 Å². The zero-order valence-corrected chi connectivity index (χ0v) is 9.81. The lowest BCUT2D eigenvalue weighted by atomic mass is 10.1. The first-order chi connectivity index (χ1) is 6.54. The van der Waals surface area contributed by atoms with Gasteiger partial charge in [-0.25, -0.2) is 12.7 Å². The molecular weight excluding hydrogens is 200 g/mol. The second kappa shape index (κ2) is 5.09. The van der Waals surface area contributed by atoms with E-state index in [2.05, 4.69) is 12.2 Å². The predicted molar refractivity (Wildman–Crippen MR) is 57.7 cm³/mol. The molecule has 0 amide bonds. The molecule has 0 spiro atoms. The van der Waals surface area contributed by atoms with Crippen LogP contribution in [0.15, 0.2) is 0 Å². The van der Waals surface area contributed by atoms with E-state index in [4.69, 9.17) is 0 Å². The van der Waals surface area contributed by atoms with Crippen molar-refractivity contribution in [1.82, 2.24) is 9.62 Å². The molecule has 1 N–H and O–H groups in total. The largest absolute Gasteiger partial charge is 0.314 e. The van der Waals surface area contributed by atoms with Crippen LogP contribution >= 0.6 is 0 Å². The summed E-state index contributed by atoms with van der Waals surface area (Å²) in [5, 5.41) is 3.37. The van der Waals surface area contributed by atoms with E-state index in [-0.39, 0.29) is 0 Å². The molecule has 1 rings (SSSR count). The molecule has 4 nitrogen and oxygen atoms in total. The highest BCUT2D eigenvalue weighted by Gasteiger charge is 2.21. The zero-order valence-electron chi connectivity index (χ0n) is 8.99. The minimum Gasteiger partial charge on any atom is -0.314 e. The molecule has 0 radical (unpaired) electrons. The Bertz CT molecular complexity index is 264. The summed E-state index contributed by atoms with van der Waals surface area (Å²) in [5.74, 6) is 0. The summed E-state index contributed by atoms with van der Waals surface area (Å²) >= 11 is 0. The van der Waals surface area contributed by atoms with Gasteiger partial charge in [-0.3, -0.25) is 0 Å². The van der Waals surface area contributed by atoms with E-state index in [1.54, 1.807) is 4.31 Å². The molecule has 1 unspecified atom stereocenters. The van der Waals surface area contributed by atoms with Gasteiger partial charge in [-0.2, -0.15) is 0 Å². The van der Waals surface area contributed by atoms with Crippen molar-refractivity contribution in [3.63, 3.8) is 0 Å². The third-order valence-corrected chi connectivity index (χ3v) is 3.95. The van der Waals surface area contributed by atoms with E-state index in [1.165, 1.54) is 6.26 Å². The van der Waals surface area contributed by atoms with Gasteiger partial charge in [0.15, 0.2) is 0 Å². The van der Waals surface area contributed by atoms with E-state index in [1.807, 2.05) is 0 Å². The van der Waals surface area contributed by atoms with Crippen LogP contribution in [0.1, 0.15) is 26.2 Å². The molecular formula is C9H20N2O2S. The van der Waals surface area contributed by atoms with E-state index >= 15 is 0 Å². The fraction of sp³-hybridized carbons (Fsp3) is 1.00. The Labute approximate surface area is 86.7 Å². The molecule has 1 fully saturated rings. The van der Waals surface area contributed by atoms with Gasteiger partial charge >= 0.3 is 0 Å². The summed E-state index contributed by atoms with van der Waals surface area (Å²) in [6, 6.07) is 0.492. The van der Waals surface area contributed by atoms with Gasteiger partial charge in [-0.1, -0.05) is 6.92 Å². The third kappa shape index (κ3) is 3.55. The number of hydrogen-bond acceptors (Lipinski definition) is 3. The molecule has 1 aliphatic rings. The molecule has 5 heteroatoms. The van der Waals surface area contributed by atoms with Gasteiger partial charge in [0, 0.05) is 19.1 Å². The average Bonchev–Trinajstić information content (AvgIpc) is 2.29. The number of hydrogen-bond donors (Lipinski definition) is 1. The zero-order chi connectivity index (χ0) is 10.6. The van der Waals surface area contributed by atoms with Crippen LogP contribution in [0.2, 0.25) is 0 Å². The van der Waals surface area contributed by atoms with E-state index in [0.29, 0.717) is 19.1 Å². The number of sulfonamides is 1. The molecule has 1 heterocycles. The molecule has 0 aromatic carbocycles. The molecule has 0 aromatic heterocycles. The van der Waals surface area contributed by atoms with E-state index in [9.17, 15) is 8.42 Å². The minimum absolute atomic E-state index is 0.492. The smallest absolute Gasteiger partial charge is 0.211 e. The molecule has 1 atom stereocenters. The Kier molecular flexibility index (Phi) is 4.34. The number of nitrogens with one attached hydrogen (secondary N) is 1. The summed E-state index contributed by atoms with van der Waals surface area (Å²) in [4.78, 5) is 0. The van der Waals surface area contributed by atoms with Crippen molar-refractivity contribution in [2.24, 2.45) is 0 Å². The van der Waals surface area contributed by atoms with Crippen molar-refractivity contribution in [2.45, 2.75) is 32.2 Å². The topological polar surface area (TPSA) is 49.4 Å². The van der Waals surface area contributed by atoms with Gasteiger partial charge in [-0.15, -0.1) is 0 Å². The van der Waals surface area contributed by atoms with Crippen LogP contribution in [0.5, 0.6) is 0 Å². The quantitative estimate of drug-likeness (QED) is 0.749. The van der Waals surface area contributed by atoms with Gasteiger partial charge in [0.2, 0.25) is 10.0 Å². The monoisotopic (exact) mass is 220 g/mol. The minimum atomic E-state index is -2.98. The molecule has 14 heavy (non-hydrogen) atoms. The Morgan fingerprint density at radius 2 is 2.07 bits per heavy atom. The molecule has 1 saturated heterocycles. The fourth-order valence-electron chi connectivity index (χ4n) is 1.89. The van der Waals surface area contributed by atoms with Crippen LogP contribution < -0.4 is 5.32 Å². The van der Waals surface area contributed by atoms with Gasteiger partial charge in [0.05, 0.1) is 6.26 Å². The molecule has 0 saturated carbocycles. The second-order valence-corrected chi connectivity index (χ2v) is 5.83. The van der Waals surface area contributed by atoms with Gasteiger partial charge in [0.25, 0.3) is 0 Å². The van der Waals surface area contributed by atoms with Crippen LogP contribution in [-0.2, 0) is 10.0 Å². The van der Waals surface area contributed by atoms with Gasteiger partial charge in [0.1, 0.15) is 0 Å². The van der Waals surface area contributed by atoms with Crippen LogP contribution in [0.25, 0.3) is 0 Å². The van der Waals surface area contributed by atoms with E-state index in [0.717, 1.165) is 25.8 Å². The highest BCUT2D eigenvalue weighted by Crippen LogP contribution is 2.13. The molecule has 84 valence electrons. The lowest BCUT2D eigenvalue weighted by Gasteiger charge is -2.17. The summed E-state index contributed by atoms with van der Waals surface area (Å²) in [6.45, 7) is 4.39. The Hall–Kier alpha value is -0.130. The van der Waals surface area contributed by atoms with E-state index < -0.39 is 10.0 Å².